The Morgan fingerprint density at radius 1 is 1.12 bits per heavy atom. The predicted molar refractivity (Wildman–Crippen MR) is 101 cm³/mol. The molecule has 0 radical (unpaired) electrons. The molecule has 128 valence electrons. The van der Waals surface area contributed by atoms with E-state index in [2.05, 4.69) is 31.3 Å². The van der Waals surface area contributed by atoms with Crippen LogP contribution in [0.2, 0.25) is 0 Å². The monoisotopic (exact) mass is 346 g/mol. The fourth-order valence-corrected chi connectivity index (χ4v) is 2.31. The van der Waals surface area contributed by atoms with Crippen LogP contribution in [0.25, 0.3) is 0 Å². The van der Waals surface area contributed by atoms with Gasteiger partial charge in [-0.3, -0.25) is 0 Å². The van der Waals surface area contributed by atoms with E-state index in [1.54, 1.807) is 12.1 Å². The van der Waals surface area contributed by atoms with Crippen LogP contribution in [0.4, 0.5) is 10.1 Å². The van der Waals surface area contributed by atoms with Crippen LogP contribution in [0.5, 0.6) is 5.75 Å². The Bertz CT molecular complexity index is 656. The molecule has 0 amide bonds. The summed E-state index contributed by atoms with van der Waals surface area (Å²) in [5.74, 6) is 0.888. The number of hydrogen-bond donors (Lipinski definition) is 1. The number of ether oxygens (including phenoxy) is 1. The van der Waals surface area contributed by atoms with Crippen molar-refractivity contribution < 1.29 is 9.13 Å². The Morgan fingerprint density at radius 2 is 1.75 bits per heavy atom. The molecule has 0 aliphatic carbocycles. The summed E-state index contributed by atoms with van der Waals surface area (Å²) in [6.07, 6.45) is 0. The van der Waals surface area contributed by atoms with Gasteiger partial charge in [-0.25, -0.2) is 4.39 Å². The zero-order valence-electron chi connectivity index (χ0n) is 14.3. The summed E-state index contributed by atoms with van der Waals surface area (Å²) < 4.78 is 18.4. The molecule has 3 nitrogen and oxygen atoms in total. The molecule has 2 rings (SSSR count). The Hall–Kier alpha value is -2.14. The van der Waals surface area contributed by atoms with Crippen LogP contribution in [0.1, 0.15) is 25.3 Å². The molecule has 0 fully saturated rings. The van der Waals surface area contributed by atoms with Crippen molar-refractivity contribution in [1.82, 2.24) is 4.90 Å². The molecule has 0 aromatic heterocycles. The molecule has 0 saturated carbocycles. The summed E-state index contributed by atoms with van der Waals surface area (Å²) in [6, 6.07) is 14.3. The van der Waals surface area contributed by atoms with Crippen molar-refractivity contribution in [2.75, 3.05) is 25.5 Å². The van der Waals surface area contributed by atoms with Gasteiger partial charge in [-0.15, -0.1) is 0 Å². The van der Waals surface area contributed by atoms with Gasteiger partial charge < -0.3 is 15.0 Å². The van der Waals surface area contributed by atoms with Gasteiger partial charge in [0.15, 0.2) is 5.11 Å². The number of thiocarbonyl (C=S) groups is 1. The first-order chi connectivity index (χ1) is 11.5. The highest BCUT2D eigenvalue weighted by Gasteiger charge is 2.06. The molecule has 0 unspecified atom stereocenters. The lowest BCUT2D eigenvalue weighted by Crippen LogP contribution is -2.34. The van der Waals surface area contributed by atoms with E-state index in [1.165, 1.54) is 17.7 Å². The van der Waals surface area contributed by atoms with Crippen molar-refractivity contribution in [1.29, 1.82) is 0 Å². The molecule has 0 saturated heterocycles. The van der Waals surface area contributed by atoms with E-state index in [1.807, 2.05) is 24.1 Å². The highest BCUT2D eigenvalue weighted by atomic mass is 32.1. The van der Waals surface area contributed by atoms with E-state index < -0.39 is 0 Å². The SMILES string of the molecule is CC(C)c1ccc(NC(=S)N(C)CCOc2ccc(F)cc2)cc1. The maximum absolute atomic E-state index is 12.8. The first kappa shape index (κ1) is 18.2. The minimum Gasteiger partial charge on any atom is -0.492 e. The van der Waals surface area contributed by atoms with Gasteiger partial charge in [0.05, 0.1) is 6.54 Å². The molecule has 24 heavy (non-hydrogen) atoms. The second-order valence-electron chi connectivity index (χ2n) is 5.93. The van der Waals surface area contributed by atoms with Gasteiger partial charge in [-0.1, -0.05) is 26.0 Å². The summed E-state index contributed by atoms with van der Waals surface area (Å²) in [5, 5.41) is 3.85. The Balaban J connectivity index is 1.78. The average Bonchev–Trinajstić information content (AvgIpc) is 2.57. The molecule has 2 aromatic rings. The molecule has 5 heteroatoms. The van der Waals surface area contributed by atoms with Crippen molar-refractivity contribution in [3.63, 3.8) is 0 Å². The second kappa shape index (κ2) is 8.64. The number of likely N-dealkylation sites (N-methyl/N-ethyl adjacent to an activating group) is 1. The Labute approximate surface area is 148 Å². The van der Waals surface area contributed by atoms with Crippen LogP contribution in [-0.2, 0) is 0 Å². The highest BCUT2D eigenvalue weighted by molar-refractivity contribution is 7.80. The van der Waals surface area contributed by atoms with Gasteiger partial charge in [-0.2, -0.15) is 0 Å². The molecular formula is C19H23FN2OS. The smallest absolute Gasteiger partial charge is 0.173 e. The van der Waals surface area contributed by atoms with E-state index >= 15 is 0 Å². The maximum atomic E-state index is 12.8. The quantitative estimate of drug-likeness (QED) is 0.769. The molecular weight excluding hydrogens is 323 g/mol. The van der Waals surface area contributed by atoms with Crippen molar-refractivity contribution in [3.05, 3.63) is 59.9 Å². The molecule has 0 aliphatic heterocycles. The number of nitrogens with zero attached hydrogens (tertiary/aromatic N) is 1. The third-order valence-corrected chi connectivity index (χ3v) is 4.10. The number of benzene rings is 2. The molecule has 0 aliphatic rings. The van der Waals surface area contributed by atoms with Gasteiger partial charge in [-0.05, 0) is 60.1 Å². The van der Waals surface area contributed by atoms with Gasteiger partial charge in [0.25, 0.3) is 0 Å². The van der Waals surface area contributed by atoms with Gasteiger partial charge in [0.2, 0.25) is 0 Å². The average molecular weight is 346 g/mol. The fourth-order valence-electron chi connectivity index (χ4n) is 2.10. The lowest BCUT2D eigenvalue weighted by molar-refractivity contribution is 0.285. The maximum Gasteiger partial charge on any atom is 0.173 e. The highest BCUT2D eigenvalue weighted by Crippen LogP contribution is 2.17. The zero-order valence-corrected chi connectivity index (χ0v) is 15.1. The first-order valence-corrected chi connectivity index (χ1v) is 8.37. The minimum absolute atomic E-state index is 0.270. The van der Waals surface area contributed by atoms with Crippen LogP contribution in [0.3, 0.4) is 0 Å². The second-order valence-corrected chi connectivity index (χ2v) is 6.32. The van der Waals surface area contributed by atoms with E-state index in [4.69, 9.17) is 17.0 Å². The fraction of sp³-hybridized carbons (Fsp3) is 0.316. The van der Waals surface area contributed by atoms with Gasteiger partial charge in [0.1, 0.15) is 18.2 Å². The van der Waals surface area contributed by atoms with E-state index in [-0.39, 0.29) is 5.82 Å². The molecule has 1 N–H and O–H groups in total. The Kier molecular flexibility index (Phi) is 6.55. The van der Waals surface area contributed by atoms with Crippen LogP contribution in [-0.4, -0.2) is 30.2 Å². The van der Waals surface area contributed by atoms with Crippen molar-refractivity contribution in [3.8, 4) is 5.75 Å². The summed E-state index contributed by atoms with van der Waals surface area (Å²) in [5.41, 5.74) is 2.27. The number of anilines is 1. The zero-order chi connectivity index (χ0) is 17.5. The lowest BCUT2D eigenvalue weighted by Gasteiger charge is -2.21. The van der Waals surface area contributed by atoms with Crippen LogP contribution in [0.15, 0.2) is 48.5 Å². The summed E-state index contributed by atoms with van der Waals surface area (Å²) >= 11 is 5.40. The van der Waals surface area contributed by atoms with E-state index in [9.17, 15) is 4.39 Å². The number of nitrogens with one attached hydrogen (secondary N) is 1. The van der Waals surface area contributed by atoms with E-state index in [0.717, 1.165) is 5.69 Å². The van der Waals surface area contributed by atoms with Gasteiger partial charge in [0, 0.05) is 12.7 Å². The number of rotatable bonds is 6. The third-order valence-electron chi connectivity index (χ3n) is 3.68. The number of halogens is 1. The van der Waals surface area contributed by atoms with Gasteiger partial charge >= 0.3 is 0 Å². The van der Waals surface area contributed by atoms with Crippen molar-refractivity contribution in [2.45, 2.75) is 19.8 Å². The molecule has 0 heterocycles. The topological polar surface area (TPSA) is 24.5 Å². The third kappa shape index (κ3) is 5.49. The van der Waals surface area contributed by atoms with Crippen LogP contribution < -0.4 is 10.1 Å². The standard InChI is InChI=1S/C19H23FN2OS/c1-14(2)15-4-8-17(9-5-15)21-19(24)22(3)12-13-23-18-10-6-16(20)7-11-18/h4-11,14H,12-13H2,1-3H3,(H,21,24). The Morgan fingerprint density at radius 3 is 2.33 bits per heavy atom. The number of hydrogen-bond acceptors (Lipinski definition) is 2. The van der Waals surface area contributed by atoms with Crippen molar-refractivity contribution >= 4 is 23.0 Å². The van der Waals surface area contributed by atoms with Crippen LogP contribution in [0, 0.1) is 5.82 Å². The lowest BCUT2D eigenvalue weighted by atomic mass is 10.0. The normalized spacial score (nSPS) is 10.5. The van der Waals surface area contributed by atoms with E-state index in [0.29, 0.717) is 29.9 Å². The molecule has 0 atom stereocenters. The predicted octanol–water partition coefficient (Wildman–Crippen LogP) is 4.66. The summed E-state index contributed by atoms with van der Waals surface area (Å²) in [7, 11) is 1.91. The largest absolute Gasteiger partial charge is 0.492 e. The molecule has 2 aromatic carbocycles. The first-order valence-electron chi connectivity index (χ1n) is 7.96. The summed E-state index contributed by atoms with van der Waals surface area (Å²) in [4.78, 5) is 1.91. The minimum atomic E-state index is -0.270. The molecule has 0 bridgehead atoms. The van der Waals surface area contributed by atoms with Crippen molar-refractivity contribution in [2.24, 2.45) is 0 Å². The van der Waals surface area contributed by atoms with Crippen LogP contribution >= 0.6 is 12.2 Å². The molecule has 0 spiro atoms. The summed E-state index contributed by atoms with van der Waals surface area (Å²) in [6.45, 7) is 5.44.